The number of benzene rings is 1. The SMILES string of the molecule is CC(C)CC(=O)N(CC(=O)O)Cc1ccc(Cl)cc1. The first-order valence-corrected chi connectivity index (χ1v) is 6.50. The molecule has 4 nitrogen and oxygen atoms in total. The second-order valence-corrected chi connectivity index (χ2v) is 5.30. The van der Waals surface area contributed by atoms with Gasteiger partial charge in [-0.05, 0) is 23.6 Å². The van der Waals surface area contributed by atoms with Gasteiger partial charge in [0.05, 0.1) is 0 Å². The van der Waals surface area contributed by atoms with E-state index in [1.807, 2.05) is 13.8 Å². The highest BCUT2D eigenvalue weighted by atomic mass is 35.5. The fourth-order valence-corrected chi connectivity index (χ4v) is 1.81. The van der Waals surface area contributed by atoms with Crippen LogP contribution >= 0.6 is 11.6 Å². The van der Waals surface area contributed by atoms with Gasteiger partial charge in [-0.1, -0.05) is 37.6 Å². The lowest BCUT2D eigenvalue weighted by Gasteiger charge is -2.21. The standard InChI is InChI=1S/C14H18ClNO3/c1-10(2)7-13(17)16(9-14(18)19)8-11-3-5-12(15)6-4-11/h3-6,10H,7-9H2,1-2H3,(H,18,19). The molecule has 0 aromatic heterocycles. The average molecular weight is 284 g/mol. The monoisotopic (exact) mass is 283 g/mol. The van der Waals surface area contributed by atoms with Crippen LogP contribution < -0.4 is 0 Å². The molecule has 0 saturated heterocycles. The van der Waals surface area contributed by atoms with Gasteiger partial charge in [-0.2, -0.15) is 0 Å². The molecule has 104 valence electrons. The molecule has 0 radical (unpaired) electrons. The largest absolute Gasteiger partial charge is 0.480 e. The van der Waals surface area contributed by atoms with Gasteiger partial charge in [0.15, 0.2) is 0 Å². The quantitative estimate of drug-likeness (QED) is 0.873. The van der Waals surface area contributed by atoms with Gasteiger partial charge in [-0.25, -0.2) is 0 Å². The molecule has 0 heterocycles. The Morgan fingerprint density at radius 1 is 1.26 bits per heavy atom. The van der Waals surface area contributed by atoms with Gasteiger partial charge in [0.25, 0.3) is 0 Å². The Morgan fingerprint density at radius 3 is 2.32 bits per heavy atom. The zero-order valence-electron chi connectivity index (χ0n) is 11.1. The summed E-state index contributed by atoms with van der Waals surface area (Å²) >= 11 is 5.79. The fourth-order valence-electron chi connectivity index (χ4n) is 1.68. The predicted molar refractivity (Wildman–Crippen MR) is 74.0 cm³/mol. The van der Waals surface area contributed by atoms with Gasteiger partial charge in [0.1, 0.15) is 6.54 Å². The topological polar surface area (TPSA) is 57.6 Å². The van der Waals surface area contributed by atoms with Crippen molar-refractivity contribution in [2.24, 2.45) is 5.92 Å². The summed E-state index contributed by atoms with van der Waals surface area (Å²) in [7, 11) is 0. The van der Waals surface area contributed by atoms with Crippen LogP contribution in [0.2, 0.25) is 5.02 Å². The maximum Gasteiger partial charge on any atom is 0.323 e. The van der Waals surface area contributed by atoms with Gasteiger partial charge in [0, 0.05) is 18.0 Å². The van der Waals surface area contributed by atoms with Crippen LogP contribution in [0, 0.1) is 5.92 Å². The summed E-state index contributed by atoms with van der Waals surface area (Å²) in [5, 5.41) is 9.49. The van der Waals surface area contributed by atoms with E-state index in [1.165, 1.54) is 4.90 Å². The number of carbonyl (C=O) groups excluding carboxylic acids is 1. The minimum Gasteiger partial charge on any atom is -0.480 e. The third kappa shape index (κ3) is 5.75. The number of rotatable bonds is 6. The Morgan fingerprint density at radius 2 is 1.84 bits per heavy atom. The number of carbonyl (C=O) groups is 2. The molecule has 1 N–H and O–H groups in total. The molecule has 0 bridgehead atoms. The Kier molecular flexibility index (Phi) is 5.83. The second kappa shape index (κ2) is 7.14. The molecule has 0 unspecified atom stereocenters. The molecule has 0 fully saturated rings. The Labute approximate surface area is 118 Å². The van der Waals surface area contributed by atoms with Crippen molar-refractivity contribution in [2.45, 2.75) is 26.8 Å². The van der Waals surface area contributed by atoms with Gasteiger partial charge in [0.2, 0.25) is 5.91 Å². The zero-order valence-corrected chi connectivity index (χ0v) is 11.9. The van der Waals surface area contributed by atoms with Crippen molar-refractivity contribution in [3.8, 4) is 0 Å². The average Bonchev–Trinajstić information content (AvgIpc) is 2.29. The summed E-state index contributed by atoms with van der Waals surface area (Å²) in [4.78, 5) is 24.2. The highest BCUT2D eigenvalue weighted by Crippen LogP contribution is 2.13. The molecule has 0 saturated carbocycles. The van der Waals surface area contributed by atoms with E-state index >= 15 is 0 Å². The maximum atomic E-state index is 12.0. The Hall–Kier alpha value is -1.55. The van der Waals surface area contributed by atoms with Crippen LogP contribution in [-0.2, 0) is 16.1 Å². The van der Waals surface area contributed by atoms with Crippen molar-refractivity contribution < 1.29 is 14.7 Å². The van der Waals surface area contributed by atoms with Crippen molar-refractivity contribution in [1.29, 1.82) is 0 Å². The highest BCUT2D eigenvalue weighted by Gasteiger charge is 2.18. The number of amides is 1. The molecular weight excluding hydrogens is 266 g/mol. The summed E-state index contributed by atoms with van der Waals surface area (Å²) in [6, 6.07) is 7.03. The van der Waals surface area contributed by atoms with E-state index in [4.69, 9.17) is 16.7 Å². The maximum absolute atomic E-state index is 12.0. The van der Waals surface area contributed by atoms with E-state index < -0.39 is 5.97 Å². The molecule has 19 heavy (non-hydrogen) atoms. The molecule has 1 rings (SSSR count). The third-order valence-corrected chi connectivity index (χ3v) is 2.80. The highest BCUT2D eigenvalue weighted by molar-refractivity contribution is 6.30. The number of aliphatic carboxylic acids is 1. The van der Waals surface area contributed by atoms with E-state index in [2.05, 4.69) is 0 Å². The number of carboxylic acids is 1. The summed E-state index contributed by atoms with van der Waals surface area (Å²) in [6.07, 6.45) is 0.348. The fraction of sp³-hybridized carbons (Fsp3) is 0.429. The van der Waals surface area contributed by atoms with E-state index in [0.717, 1.165) is 5.56 Å². The van der Waals surface area contributed by atoms with Crippen LogP contribution in [0.15, 0.2) is 24.3 Å². The molecule has 1 aromatic carbocycles. The third-order valence-electron chi connectivity index (χ3n) is 2.55. The smallest absolute Gasteiger partial charge is 0.323 e. The van der Waals surface area contributed by atoms with Crippen molar-refractivity contribution >= 4 is 23.5 Å². The van der Waals surface area contributed by atoms with E-state index in [1.54, 1.807) is 24.3 Å². The minimum atomic E-state index is -1.01. The summed E-state index contributed by atoms with van der Waals surface area (Å²) in [5.74, 6) is -0.951. The van der Waals surface area contributed by atoms with Crippen LogP contribution in [0.3, 0.4) is 0 Å². The van der Waals surface area contributed by atoms with E-state index in [9.17, 15) is 9.59 Å². The van der Waals surface area contributed by atoms with Crippen LogP contribution in [0.5, 0.6) is 0 Å². The molecule has 1 aromatic rings. The Bertz CT molecular complexity index is 443. The Balaban J connectivity index is 2.76. The minimum absolute atomic E-state index is 0.146. The molecule has 5 heteroatoms. The molecular formula is C14H18ClNO3. The molecule has 0 spiro atoms. The van der Waals surface area contributed by atoms with Crippen molar-refractivity contribution in [3.05, 3.63) is 34.9 Å². The lowest BCUT2D eigenvalue weighted by atomic mass is 10.1. The first-order chi connectivity index (χ1) is 8.88. The second-order valence-electron chi connectivity index (χ2n) is 4.87. The number of halogens is 1. The first kappa shape index (κ1) is 15.5. The van der Waals surface area contributed by atoms with Crippen molar-refractivity contribution in [3.63, 3.8) is 0 Å². The van der Waals surface area contributed by atoms with Crippen LogP contribution in [0.4, 0.5) is 0 Å². The normalized spacial score (nSPS) is 10.5. The van der Waals surface area contributed by atoms with Gasteiger partial charge in [-0.3, -0.25) is 9.59 Å². The van der Waals surface area contributed by atoms with Crippen molar-refractivity contribution in [2.75, 3.05) is 6.54 Å². The van der Waals surface area contributed by atoms with Gasteiger partial charge >= 0.3 is 5.97 Å². The number of hydrogen-bond donors (Lipinski definition) is 1. The predicted octanol–water partition coefficient (Wildman–Crippen LogP) is 2.80. The first-order valence-electron chi connectivity index (χ1n) is 6.12. The number of carboxylic acid groups (broad SMARTS) is 1. The van der Waals surface area contributed by atoms with Crippen molar-refractivity contribution in [1.82, 2.24) is 4.90 Å². The molecule has 1 amide bonds. The summed E-state index contributed by atoms with van der Waals surface area (Å²) in [5.41, 5.74) is 0.864. The van der Waals surface area contributed by atoms with E-state index in [0.29, 0.717) is 11.4 Å². The van der Waals surface area contributed by atoms with Gasteiger partial charge in [-0.15, -0.1) is 0 Å². The molecule has 0 aliphatic heterocycles. The summed E-state index contributed by atoms with van der Waals surface area (Å²) in [6.45, 7) is 3.86. The molecule has 0 atom stereocenters. The zero-order chi connectivity index (χ0) is 14.4. The molecule has 0 aliphatic rings. The van der Waals surface area contributed by atoms with Crippen LogP contribution in [0.25, 0.3) is 0 Å². The lowest BCUT2D eigenvalue weighted by molar-refractivity contribution is -0.145. The number of nitrogens with zero attached hydrogens (tertiary/aromatic N) is 1. The number of hydrogen-bond acceptors (Lipinski definition) is 2. The van der Waals surface area contributed by atoms with E-state index in [-0.39, 0.29) is 24.9 Å². The summed E-state index contributed by atoms with van der Waals surface area (Å²) < 4.78 is 0. The lowest BCUT2D eigenvalue weighted by Crippen LogP contribution is -2.35. The van der Waals surface area contributed by atoms with Crippen LogP contribution in [-0.4, -0.2) is 28.4 Å². The van der Waals surface area contributed by atoms with Crippen LogP contribution in [0.1, 0.15) is 25.8 Å². The molecule has 0 aliphatic carbocycles. The van der Waals surface area contributed by atoms with Gasteiger partial charge < -0.3 is 10.0 Å².